The van der Waals surface area contributed by atoms with E-state index in [9.17, 15) is 9.59 Å². The fraction of sp³-hybridized carbons (Fsp3) is 0.800. The van der Waals surface area contributed by atoms with E-state index in [1.165, 1.54) is 7.11 Å². The summed E-state index contributed by atoms with van der Waals surface area (Å²) in [6.07, 6.45) is -0.575. The van der Waals surface area contributed by atoms with Gasteiger partial charge in [0.15, 0.2) is 0 Å². The number of carbonyl (C=O) groups excluding carboxylic acids is 2. The van der Waals surface area contributed by atoms with Crippen LogP contribution < -0.4 is 5.32 Å². The second kappa shape index (κ2) is 7.39. The van der Waals surface area contributed by atoms with Crippen LogP contribution in [0.3, 0.4) is 0 Å². The van der Waals surface area contributed by atoms with Crippen LogP contribution >= 0.6 is 0 Å². The van der Waals surface area contributed by atoms with Crippen LogP contribution in [0.15, 0.2) is 5.11 Å². The first-order chi connectivity index (χ1) is 8.30. The SMILES string of the molecule is COC(=O)[C@H](CCN=[N+]=[N-])NC(=O)OC(C)(C)C. The summed E-state index contributed by atoms with van der Waals surface area (Å²) < 4.78 is 9.54. The first-order valence-corrected chi connectivity index (χ1v) is 5.38. The van der Waals surface area contributed by atoms with E-state index in [2.05, 4.69) is 20.1 Å². The standard InChI is InChI=1S/C10H18N4O4/c1-10(2,3)18-9(16)13-7(8(15)17-4)5-6-12-14-11/h7H,5-6H2,1-4H3,(H,13,16)/t7-/m0/s1. The summed E-state index contributed by atoms with van der Waals surface area (Å²) in [6, 6.07) is -0.893. The number of amides is 1. The van der Waals surface area contributed by atoms with Gasteiger partial charge in [-0.1, -0.05) is 5.11 Å². The Morgan fingerprint density at radius 2 is 2.06 bits per heavy atom. The van der Waals surface area contributed by atoms with Crippen LogP contribution in [-0.2, 0) is 14.3 Å². The molecule has 0 radical (unpaired) electrons. The number of esters is 1. The Balaban J connectivity index is 4.44. The predicted octanol–water partition coefficient (Wildman–Crippen LogP) is 1.75. The predicted molar refractivity (Wildman–Crippen MR) is 63.8 cm³/mol. The summed E-state index contributed by atoms with van der Waals surface area (Å²) in [5.74, 6) is -0.617. The van der Waals surface area contributed by atoms with E-state index in [1.807, 2.05) is 0 Å². The molecule has 102 valence electrons. The topological polar surface area (TPSA) is 113 Å². The third-order valence-corrected chi connectivity index (χ3v) is 1.76. The van der Waals surface area contributed by atoms with Crippen molar-refractivity contribution in [1.29, 1.82) is 0 Å². The van der Waals surface area contributed by atoms with Crippen molar-refractivity contribution in [1.82, 2.24) is 5.32 Å². The van der Waals surface area contributed by atoms with Gasteiger partial charge in [0.2, 0.25) is 0 Å². The number of methoxy groups -OCH3 is 1. The molecule has 0 aliphatic rings. The largest absolute Gasteiger partial charge is 0.467 e. The van der Waals surface area contributed by atoms with E-state index < -0.39 is 23.7 Å². The molecule has 8 nitrogen and oxygen atoms in total. The van der Waals surface area contributed by atoms with Gasteiger partial charge in [0.1, 0.15) is 11.6 Å². The van der Waals surface area contributed by atoms with E-state index in [0.29, 0.717) is 0 Å². The lowest BCUT2D eigenvalue weighted by Crippen LogP contribution is -2.44. The summed E-state index contributed by atoms with van der Waals surface area (Å²) in [7, 11) is 1.21. The lowest BCUT2D eigenvalue weighted by atomic mass is 10.2. The monoisotopic (exact) mass is 258 g/mol. The lowest BCUT2D eigenvalue weighted by Gasteiger charge is -2.22. The minimum Gasteiger partial charge on any atom is -0.467 e. The number of alkyl carbamates (subject to hydrolysis) is 1. The molecule has 0 aromatic heterocycles. The van der Waals surface area contributed by atoms with Gasteiger partial charge in [-0.2, -0.15) is 0 Å². The highest BCUT2D eigenvalue weighted by atomic mass is 16.6. The van der Waals surface area contributed by atoms with Gasteiger partial charge in [0, 0.05) is 11.5 Å². The van der Waals surface area contributed by atoms with Gasteiger partial charge in [-0.05, 0) is 32.7 Å². The van der Waals surface area contributed by atoms with E-state index in [0.717, 1.165) is 0 Å². The number of hydrogen-bond acceptors (Lipinski definition) is 5. The molecule has 0 aliphatic heterocycles. The Morgan fingerprint density at radius 1 is 1.44 bits per heavy atom. The minimum atomic E-state index is -0.893. The van der Waals surface area contributed by atoms with Crippen LogP contribution in [0.1, 0.15) is 27.2 Å². The van der Waals surface area contributed by atoms with Crippen LogP contribution in [0.2, 0.25) is 0 Å². The highest BCUT2D eigenvalue weighted by Gasteiger charge is 2.24. The molecular weight excluding hydrogens is 240 g/mol. The van der Waals surface area contributed by atoms with Crippen molar-refractivity contribution in [3.8, 4) is 0 Å². The second-order valence-electron chi connectivity index (χ2n) is 4.47. The van der Waals surface area contributed by atoms with E-state index >= 15 is 0 Å². The molecule has 0 aliphatic carbocycles. The second-order valence-corrected chi connectivity index (χ2v) is 4.47. The first-order valence-electron chi connectivity index (χ1n) is 5.38. The van der Waals surface area contributed by atoms with Gasteiger partial charge < -0.3 is 14.8 Å². The molecular formula is C10H18N4O4. The Morgan fingerprint density at radius 3 is 2.50 bits per heavy atom. The zero-order valence-electron chi connectivity index (χ0n) is 11.0. The molecule has 8 heteroatoms. The summed E-state index contributed by atoms with van der Waals surface area (Å²) in [5, 5.41) is 5.65. The van der Waals surface area contributed by atoms with Crippen molar-refractivity contribution >= 4 is 12.1 Å². The number of nitrogens with one attached hydrogen (secondary N) is 1. The number of hydrogen-bond donors (Lipinski definition) is 1. The third kappa shape index (κ3) is 7.34. The van der Waals surface area contributed by atoms with Crippen LogP contribution in [0.5, 0.6) is 0 Å². The molecule has 0 fully saturated rings. The summed E-state index contributed by atoms with van der Waals surface area (Å²) in [5.41, 5.74) is 7.48. The smallest absolute Gasteiger partial charge is 0.408 e. The molecule has 0 saturated carbocycles. The van der Waals surface area contributed by atoms with Crippen molar-refractivity contribution < 1.29 is 19.1 Å². The Hall–Kier alpha value is -1.95. The van der Waals surface area contributed by atoms with Crippen molar-refractivity contribution in [2.45, 2.75) is 38.8 Å². The van der Waals surface area contributed by atoms with Gasteiger partial charge in [0.25, 0.3) is 0 Å². The van der Waals surface area contributed by atoms with Gasteiger partial charge in [-0.25, -0.2) is 9.59 Å². The fourth-order valence-corrected chi connectivity index (χ4v) is 1.07. The molecule has 0 heterocycles. The maximum atomic E-state index is 11.5. The molecule has 0 aromatic rings. The molecule has 1 N–H and O–H groups in total. The maximum absolute atomic E-state index is 11.5. The molecule has 18 heavy (non-hydrogen) atoms. The average Bonchev–Trinajstić information content (AvgIpc) is 2.24. The average molecular weight is 258 g/mol. The van der Waals surface area contributed by atoms with E-state index in [4.69, 9.17) is 10.3 Å². The van der Waals surface area contributed by atoms with E-state index in [-0.39, 0.29) is 13.0 Å². The molecule has 0 bridgehead atoms. The summed E-state index contributed by atoms with van der Waals surface area (Å²) in [4.78, 5) is 25.4. The summed E-state index contributed by atoms with van der Waals surface area (Å²) in [6.45, 7) is 5.20. The lowest BCUT2D eigenvalue weighted by molar-refractivity contribution is -0.143. The molecule has 1 amide bonds. The van der Waals surface area contributed by atoms with Gasteiger partial charge >= 0.3 is 12.1 Å². The number of carbonyl (C=O) groups is 2. The number of nitrogens with zero attached hydrogens (tertiary/aromatic N) is 3. The van der Waals surface area contributed by atoms with Crippen LogP contribution in [0.4, 0.5) is 4.79 Å². The maximum Gasteiger partial charge on any atom is 0.408 e. The highest BCUT2D eigenvalue weighted by molar-refractivity contribution is 5.81. The first kappa shape index (κ1) is 16.1. The third-order valence-electron chi connectivity index (χ3n) is 1.76. The molecule has 0 spiro atoms. The van der Waals surface area contributed by atoms with Crippen molar-refractivity contribution in [2.24, 2.45) is 5.11 Å². The molecule has 0 unspecified atom stereocenters. The molecule has 0 rings (SSSR count). The van der Waals surface area contributed by atoms with E-state index in [1.54, 1.807) is 20.8 Å². The number of rotatable bonds is 5. The molecule has 0 aromatic carbocycles. The van der Waals surface area contributed by atoms with Crippen LogP contribution in [0, 0.1) is 0 Å². The van der Waals surface area contributed by atoms with Crippen LogP contribution in [0.25, 0.3) is 10.4 Å². The number of ether oxygens (including phenoxy) is 2. The molecule has 1 atom stereocenters. The minimum absolute atomic E-state index is 0.0755. The van der Waals surface area contributed by atoms with Gasteiger partial charge in [0.05, 0.1) is 7.11 Å². The van der Waals surface area contributed by atoms with Crippen LogP contribution in [-0.4, -0.2) is 37.4 Å². The number of azide groups is 1. The Bertz CT molecular complexity index is 344. The zero-order chi connectivity index (χ0) is 14.2. The Labute approximate surface area is 105 Å². The quantitative estimate of drug-likeness (QED) is 0.350. The fourth-order valence-electron chi connectivity index (χ4n) is 1.07. The van der Waals surface area contributed by atoms with Gasteiger partial charge in [-0.15, -0.1) is 0 Å². The van der Waals surface area contributed by atoms with Crippen molar-refractivity contribution in [3.63, 3.8) is 0 Å². The molecule has 0 saturated heterocycles. The normalized spacial score (nSPS) is 12.0. The highest BCUT2D eigenvalue weighted by Crippen LogP contribution is 2.07. The van der Waals surface area contributed by atoms with Crippen molar-refractivity contribution in [3.05, 3.63) is 10.4 Å². The Kier molecular flexibility index (Phi) is 6.59. The summed E-state index contributed by atoms with van der Waals surface area (Å²) >= 11 is 0. The van der Waals surface area contributed by atoms with Gasteiger partial charge in [-0.3, -0.25) is 0 Å². The van der Waals surface area contributed by atoms with Crippen molar-refractivity contribution in [2.75, 3.05) is 13.7 Å². The zero-order valence-corrected chi connectivity index (χ0v) is 11.0.